The molecule has 1 atom stereocenters. The van der Waals surface area contributed by atoms with Crippen LogP contribution in [0.2, 0.25) is 0 Å². The predicted molar refractivity (Wildman–Crippen MR) is 53.9 cm³/mol. The maximum absolute atomic E-state index is 12.6. The number of nitrogens with one attached hydrogen (secondary N) is 1. The Hall–Kier alpha value is -1.22. The van der Waals surface area contributed by atoms with Crippen molar-refractivity contribution >= 4 is 5.78 Å². The molecule has 0 saturated heterocycles. The fraction of sp³-hybridized carbons (Fsp3) is 0.364. The van der Waals surface area contributed by atoms with E-state index in [0.29, 0.717) is 5.56 Å². The van der Waals surface area contributed by atoms with Crippen LogP contribution in [0.3, 0.4) is 0 Å². The molecule has 0 amide bonds. The van der Waals surface area contributed by atoms with E-state index in [1.54, 1.807) is 6.92 Å². The van der Waals surface area contributed by atoms with Gasteiger partial charge in [0.1, 0.15) is 5.82 Å². The predicted octanol–water partition coefficient (Wildman–Crippen LogP) is 2.01. The first-order chi connectivity index (χ1) is 6.65. The second-order valence-electron chi connectivity index (χ2n) is 3.15. The highest BCUT2D eigenvalue weighted by Crippen LogP contribution is 2.05. The Morgan fingerprint density at radius 2 is 2.00 bits per heavy atom. The van der Waals surface area contributed by atoms with Gasteiger partial charge in [0.2, 0.25) is 0 Å². The van der Waals surface area contributed by atoms with Gasteiger partial charge in [-0.2, -0.15) is 0 Å². The van der Waals surface area contributed by atoms with Gasteiger partial charge in [-0.25, -0.2) is 4.39 Å². The van der Waals surface area contributed by atoms with Gasteiger partial charge < -0.3 is 5.32 Å². The van der Waals surface area contributed by atoms with Gasteiger partial charge in [0.25, 0.3) is 0 Å². The van der Waals surface area contributed by atoms with Gasteiger partial charge in [-0.15, -0.1) is 0 Å². The molecule has 76 valence electrons. The van der Waals surface area contributed by atoms with Crippen molar-refractivity contribution < 1.29 is 9.18 Å². The number of ketones is 1. The number of benzene rings is 1. The zero-order valence-corrected chi connectivity index (χ0v) is 8.38. The third-order valence-electron chi connectivity index (χ3n) is 2.03. The molecule has 1 aromatic rings. The van der Waals surface area contributed by atoms with Crippen LogP contribution in [0.4, 0.5) is 4.39 Å². The molecule has 0 aliphatic carbocycles. The van der Waals surface area contributed by atoms with E-state index in [0.717, 1.165) is 6.54 Å². The van der Waals surface area contributed by atoms with Gasteiger partial charge >= 0.3 is 0 Å². The van der Waals surface area contributed by atoms with Crippen molar-refractivity contribution in [3.05, 3.63) is 35.6 Å². The van der Waals surface area contributed by atoms with Gasteiger partial charge in [0, 0.05) is 5.56 Å². The largest absolute Gasteiger partial charge is 0.308 e. The molecule has 0 aromatic heterocycles. The van der Waals surface area contributed by atoms with Crippen molar-refractivity contribution in [2.75, 3.05) is 6.54 Å². The Bertz CT molecular complexity index is 308. The smallest absolute Gasteiger partial charge is 0.179 e. The van der Waals surface area contributed by atoms with Crippen LogP contribution in [0.1, 0.15) is 24.2 Å². The summed E-state index contributed by atoms with van der Waals surface area (Å²) < 4.78 is 12.6. The fourth-order valence-corrected chi connectivity index (χ4v) is 1.26. The van der Waals surface area contributed by atoms with Crippen molar-refractivity contribution in [2.45, 2.75) is 19.9 Å². The minimum absolute atomic E-state index is 0.00755. The minimum Gasteiger partial charge on any atom is -0.308 e. The fourth-order valence-electron chi connectivity index (χ4n) is 1.26. The summed E-state index contributed by atoms with van der Waals surface area (Å²) >= 11 is 0. The van der Waals surface area contributed by atoms with E-state index in [1.807, 2.05) is 6.92 Å². The molecule has 0 radical (unpaired) electrons. The van der Waals surface area contributed by atoms with Crippen molar-refractivity contribution in [1.29, 1.82) is 0 Å². The number of Topliss-reactive ketones (excluding diaryl/α,β-unsaturated/α-hetero) is 1. The lowest BCUT2D eigenvalue weighted by Crippen LogP contribution is -2.33. The molecule has 0 heterocycles. The highest BCUT2D eigenvalue weighted by atomic mass is 19.1. The lowest BCUT2D eigenvalue weighted by atomic mass is 10.1. The molecule has 14 heavy (non-hydrogen) atoms. The summed E-state index contributed by atoms with van der Waals surface area (Å²) in [4.78, 5) is 11.7. The summed E-state index contributed by atoms with van der Waals surface area (Å²) in [6, 6.07) is 5.39. The Morgan fingerprint density at radius 3 is 2.50 bits per heavy atom. The molecule has 2 nitrogen and oxygen atoms in total. The average Bonchev–Trinajstić information content (AvgIpc) is 2.18. The van der Waals surface area contributed by atoms with Crippen molar-refractivity contribution in [3.63, 3.8) is 0 Å². The average molecular weight is 195 g/mol. The lowest BCUT2D eigenvalue weighted by molar-refractivity contribution is 0.0952. The number of hydrogen-bond acceptors (Lipinski definition) is 2. The van der Waals surface area contributed by atoms with Crippen molar-refractivity contribution in [3.8, 4) is 0 Å². The van der Waals surface area contributed by atoms with E-state index >= 15 is 0 Å². The topological polar surface area (TPSA) is 29.1 Å². The molecule has 0 bridgehead atoms. The molecule has 1 N–H and O–H groups in total. The first-order valence-electron chi connectivity index (χ1n) is 4.68. The van der Waals surface area contributed by atoms with E-state index in [-0.39, 0.29) is 17.6 Å². The second kappa shape index (κ2) is 4.86. The zero-order valence-electron chi connectivity index (χ0n) is 8.38. The van der Waals surface area contributed by atoms with Crippen molar-refractivity contribution in [1.82, 2.24) is 5.32 Å². The SMILES string of the molecule is CCNC(C)C(=O)c1ccc(F)cc1. The van der Waals surface area contributed by atoms with Crippen LogP contribution >= 0.6 is 0 Å². The molecule has 1 unspecified atom stereocenters. The van der Waals surface area contributed by atoms with Gasteiger partial charge in [-0.05, 0) is 37.7 Å². The highest BCUT2D eigenvalue weighted by molar-refractivity contribution is 5.99. The Morgan fingerprint density at radius 1 is 1.43 bits per heavy atom. The standard InChI is InChI=1S/C11H14FNO/c1-3-13-8(2)11(14)9-4-6-10(12)7-5-9/h4-8,13H,3H2,1-2H3. The maximum Gasteiger partial charge on any atom is 0.179 e. The Balaban J connectivity index is 2.74. The van der Waals surface area contributed by atoms with Crippen LogP contribution in [0.25, 0.3) is 0 Å². The quantitative estimate of drug-likeness (QED) is 0.744. The summed E-state index contributed by atoms with van der Waals surface area (Å²) in [5, 5.41) is 3.02. The van der Waals surface area contributed by atoms with Crippen LogP contribution < -0.4 is 5.32 Å². The summed E-state index contributed by atoms with van der Waals surface area (Å²) in [6.07, 6.45) is 0. The van der Waals surface area contributed by atoms with Crippen LogP contribution in [0.5, 0.6) is 0 Å². The highest BCUT2D eigenvalue weighted by Gasteiger charge is 2.13. The van der Waals surface area contributed by atoms with Crippen LogP contribution in [0, 0.1) is 5.82 Å². The number of halogens is 1. The number of rotatable bonds is 4. The molecule has 0 saturated carbocycles. The van der Waals surface area contributed by atoms with E-state index in [1.165, 1.54) is 24.3 Å². The van der Waals surface area contributed by atoms with E-state index in [4.69, 9.17) is 0 Å². The Labute approximate surface area is 83.1 Å². The number of hydrogen-bond donors (Lipinski definition) is 1. The first kappa shape index (κ1) is 10.9. The van der Waals surface area contributed by atoms with Gasteiger partial charge in [-0.1, -0.05) is 6.92 Å². The van der Waals surface area contributed by atoms with Gasteiger partial charge in [-0.3, -0.25) is 4.79 Å². The molecule has 0 spiro atoms. The third-order valence-corrected chi connectivity index (χ3v) is 2.03. The zero-order chi connectivity index (χ0) is 10.6. The summed E-state index contributed by atoms with van der Waals surface area (Å²) in [5.74, 6) is -0.329. The Kier molecular flexibility index (Phi) is 3.77. The number of carbonyl (C=O) groups excluding carboxylic acids is 1. The van der Waals surface area contributed by atoms with Gasteiger partial charge in [0.05, 0.1) is 6.04 Å². The van der Waals surface area contributed by atoms with Gasteiger partial charge in [0.15, 0.2) is 5.78 Å². The van der Waals surface area contributed by atoms with Crippen molar-refractivity contribution in [2.24, 2.45) is 0 Å². The molecule has 0 fully saturated rings. The molecule has 3 heteroatoms. The van der Waals surface area contributed by atoms with E-state index in [9.17, 15) is 9.18 Å². The first-order valence-corrected chi connectivity index (χ1v) is 4.68. The molecule has 1 rings (SSSR count). The second-order valence-corrected chi connectivity index (χ2v) is 3.15. The molecular weight excluding hydrogens is 181 g/mol. The summed E-state index contributed by atoms with van der Waals surface area (Å²) in [7, 11) is 0. The lowest BCUT2D eigenvalue weighted by Gasteiger charge is -2.10. The minimum atomic E-state index is -0.322. The number of likely N-dealkylation sites (N-methyl/N-ethyl adjacent to an activating group) is 1. The van der Waals surface area contributed by atoms with E-state index in [2.05, 4.69) is 5.32 Å². The maximum atomic E-state index is 12.6. The van der Waals surface area contributed by atoms with Crippen LogP contribution in [-0.4, -0.2) is 18.4 Å². The molecule has 0 aliphatic rings. The summed E-state index contributed by atoms with van der Waals surface area (Å²) in [6.45, 7) is 4.48. The summed E-state index contributed by atoms with van der Waals surface area (Å²) in [5.41, 5.74) is 0.542. The normalized spacial score (nSPS) is 12.5. The third kappa shape index (κ3) is 2.64. The van der Waals surface area contributed by atoms with Crippen LogP contribution in [-0.2, 0) is 0 Å². The molecule has 1 aromatic carbocycles. The molecule has 0 aliphatic heterocycles. The monoisotopic (exact) mass is 195 g/mol. The molecular formula is C11H14FNO. The van der Waals surface area contributed by atoms with E-state index < -0.39 is 0 Å². The number of carbonyl (C=O) groups is 1. The van der Waals surface area contributed by atoms with Crippen LogP contribution in [0.15, 0.2) is 24.3 Å².